The van der Waals surface area contributed by atoms with Crippen molar-refractivity contribution in [1.82, 2.24) is 34.6 Å². The Bertz CT molecular complexity index is 2100. The van der Waals surface area contributed by atoms with Crippen molar-refractivity contribution in [3.8, 4) is 29.1 Å². The van der Waals surface area contributed by atoms with Gasteiger partial charge in [0.1, 0.15) is 17.3 Å². The van der Waals surface area contributed by atoms with Crippen molar-refractivity contribution < 1.29 is 31.8 Å². The predicted molar refractivity (Wildman–Crippen MR) is 166 cm³/mol. The number of ether oxygens (including phenoxy) is 3. The first kappa shape index (κ1) is 31.2. The first-order valence-corrected chi connectivity index (χ1v) is 16.0. The monoisotopic (exact) mass is 674 g/mol. The number of alkyl halides is 3. The van der Waals surface area contributed by atoms with Gasteiger partial charge in [0.25, 0.3) is 5.79 Å². The van der Waals surface area contributed by atoms with Gasteiger partial charge in [-0.05, 0) is 68.6 Å². The summed E-state index contributed by atoms with van der Waals surface area (Å²) in [6, 6.07) is 13.6. The molecule has 0 saturated carbocycles. The first-order valence-electron chi connectivity index (χ1n) is 16.0. The molecule has 0 aliphatic carbocycles. The lowest BCUT2D eigenvalue weighted by atomic mass is 9.88. The van der Waals surface area contributed by atoms with Crippen LogP contribution in [0, 0.1) is 17.1 Å². The Balaban J connectivity index is 0.996. The topological polar surface area (TPSA) is 127 Å². The zero-order valence-electron chi connectivity index (χ0n) is 26.3. The van der Waals surface area contributed by atoms with Crippen LogP contribution in [0.3, 0.4) is 0 Å². The van der Waals surface area contributed by atoms with E-state index >= 15 is 0 Å². The van der Waals surface area contributed by atoms with Crippen LogP contribution in [0.2, 0.25) is 0 Å². The Morgan fingerprint density at radius 3 is 2.59 bits per heavy atom. The third-order valence-electron chi connectivity index (χ3n) is 9.47. The molecule has 15 heteroatoms. The Labute approximate surface area is 277 Å². The van der Waals surface area contributed by atoms with Gasteiger partial charge in [-0.2, -0.15) is 23.5 Å². The Morgan fingerprint density at radius 2 is 1.90 bits per heavy atom. The van der Waals surface area contributed by atoms with Crippen LogP contribution in [-0.4, -0.2) is 60.4 Å². The van der Waals surface area contributed by atoms with E-state index in [9.17, 15) is 17.6 Å². The molecule has 6 heterocycles. The molecule has 49 heavy (non-hydrogen) atoms. The predicted octanol–water partition coefficient (Wildman–Crippen LogP) is 6.06. The molecule has 0 bridgehead atoms. The number of pyridine rings is 1. The number of likely N-dealkylation sites (tertiary alicyclic amines) is 1. The van der Waals surface area contributed by atoms with E-state index in [0.717, 1.165) is 49.3 Å². The van der Waals surface area contributed by atoms with E-state index in [2.05, 4.69) is 24.5 Å². The average molecular weight is 675 g/mol. The molecule has 3 aromatic heterocycles. The van der Waals surface area contributed by atoms with Crippen LogP contribution in [0.15, 0.2) is 48.7 Å². The number of aromatic amines is 1. The number of halogens is 4. The summed E-state index contributed by atoms with van der Waals surface area (Å²) in [4.78, 5) is 15.2. The lowest BCUT2D eigenvalue weighted by Crippen LogP contribution is -2.35. The van der Waals surface area contributed by atoms with E-state index in [1.807, 2.05) is 29.4 Å². The van der Waals surface area contributed by atoms with Crippen LogP contribution < -0.4 is 9.47 Å². The molecule has 0 spiro atoms. The summed E-state index contributed by atoms with van der Waals surface area (Å²) in [5.41, 5.74) is 2.98. The molecule has 3 aliphatic rings. The third-order valence-corrected chi connectivity index (χ3v) is 9.47. The summed E-state index contributed by atoms with van der Waals surface area (Å²) >= 11 is 0. The quantitative estimate of drug-likeness (QED) is 0.205. The summed E-state index contributed by atoms with van der Waals surface area (Å²) in [5.74, 6) is -1.14. The highest BCUT2D eigenvalue weighted by Gasteiger charge is 2.43. The second-order valence-electron chi connectivity index (χ2n) is 12.7. The molecule has 0 unspecified atom stereocenters. The maximum atomic E-state index is 15.0. The second-order valence-corrected chi connectivity index (χ2v) is 12.7. The molecule has 3 aliphatic heterocycles. The molecular weight excluding hydrogens is 644 g/mol. The number of para-hydroxylation sites is 1. The number of rotatable bonds is 7. The van der Waals surface area contributed by atoms with Gasteiger partial charge in [-0.3, -0.25) is 15.0 Å². The van der Waals surface area contributed by atoms with Crippen molar-refractivity contribution >= 4 is 11.0 Å². The second kappa shape index (κ2) is 11.8. The number of piperidine rings is 1. The molecule has 1 N–H and O–H groups in total. The highest BCUT2D eigenvalue weighted by Crippen LogP contribution is 2.49. The van der Waals surface area contributed by atoms with Crippen LogP contribution >= 0.6 is 0 Å². The van der Waals surface area contributed by atoms with E-state index < -0.39 is 23.6 Å². The summed E-state index contributed by atoms with van der Waals surface area (Å²) in [7, 11) is 0. The van der Waals surface area contributed by atoms with Crippen molar-refractivity contribution in [3.05, 3.63) is 82.8 Å². The fourth-order valence-electron chi connectivity index (χ4n) is 6.79. The van der Waals surface area contributed by atoms with Gasteiger partial charge in [-0.15, -0.1) is 0 Å². The SMILES string of the molecule is C[C@]1(c2ccc(C#N)cc2F)Oc2cccc(C3CCN(Cc4nc5cc(-c6n[nH]c(C(F)(F)F)n6)ncc5n4C[C@@H]4CCO4)CC3)c2O1. The van der Waals surface area contributed by atoms with Crippen molar-refractivity contribution in [3.63, 3.8) is 0 Å². The Kier molecular flexibility index (Phi) is 7.53. The minimum absolute atomic E-state index is 0.0507. The zero-order valence-corrected chi connectivity index (χ0v) is 26.3. The van der Waals surface area contributed by atoms with Gasteiger partial charge in [0, 0.05) is 19.1 Å². The van der Waals surface area contributed by atoms with Crippen molar-refractivity contribution in [2.75, 3.05) is 19.7 Å². The minimum atomic E-state index is -4.64. The number of aromatic nitrogens is 6. The zero-order chi connectivity index (χ0) is 33.9. The number of nitriles is 1. The van der Waals surface area contributed by atoms with Crippen LogP contribution in [0.25, 0.3) is 22.6 Å². The number of nitrogens with one attached hydrogen (secondary N) is 1. The van der Waals surface area contributed by atoms with Crippen LogP contribution in [-0.2, 0) is 29.8 Å². The fraction of sp³-hybridized carbons (Fsp3) is 0.382. The maximum Gasteiger partial charge on any atom is 0.451 e. The summed E-state index contributed by atoms with van der Waals surface area (Å²) in [6.07, 6.45) is -0.386. The van der Waals surface area contributed by atoms with E-state index in [1.54, 1.807) is 25.3 Å². The number of hydrogen-bond donors (Lipinski definition) is 1. The van der Waals surface area contributed by atoms with E-state index in [1.165, 1.54) is 12.1 Å². The maximum absolute atomic E-state index is 15.0. The van der Waals surface area contributed by atoms with Gasteiger partial charge >= 0.3 is 6.18 Å². The first-order chi connectivity index (χ1) is 23.6. The molecule has 2 aromatic carbocycles. The number of hydrogen-bond acceptors (Lipinski definition) is 9. The number of H-pyrrole nitrogens is 1. The molecule has 0 amide bonds. The van der Waals surface area contributed by atoms with Gasteiger partial charge in [0.15, 0.2) is 17.3 Å². The van der Waals surface area contributed by atoms with Gasteiger partial charge in [0.2, 0.25) is 5.82 Å². The Hall–Kier alpha value is -5.07. The van der Waals surface area contributed by atoms with E-state index in [-0.39, 0.29) is 34.7 Å². The van der Waals surface area contributed by atoms with Gasteiger partial charge in [-0.1, -0.05) is 12.1 Å². The highest BCUT2D eigenvalue weighted by atomic mass is 19.4. The normalized spacial score (nSPS) is 21.2. The van der Waals surface area contributed by atoms with Crippen molar-refractivity contribution in [2.24, 2.45) is 0 Å². The molecule has 2 saturated heterocycles. The average Bonchev–Trinajstić information content (AvgIpc) is 3.78. The molecule has 0 radical (unpaired) electrons. The summed E-state index contributed by atoms with van der Waals surface area (Å²) < 4.78 is 74.6. The molecule has 2 fully saturated rings. The highest BCUT2D eigenvalue weighted by molar-refractivity contribution is 5.79. The molecule has 11 nitrogen and oxygen atoms in total. The number of imidazole rings is 1. The van der Waals surface area contributed by atoms with Crippen LogP contribution in [0.5, 0.6) is 11.5 Å². The molecule has 2 atom stereocenters. The van der Waals surface area contributed by atoms with Crippen LogP contribution in [0.4, 0.5) is 17.6 Å². The number of benzene rings is 2. The number of nitrogens with zero attached hydrogens (tertiary/aromatic N) is 7. The number of fused-ring (bicyclic) bond motifs is 2. The molecule has 8 rings (SSSR count). The van der Waals surface area contributed by atoms with Gasteiger partial charge in [-0.25, -0.2) is 14.4 Å². The van der Waals surface area contributed by atoms with Crippen molar-refractivity contribution in [2.45, 2.75) is 63.3 Å². The Morgan fingerprint density at radius 1 is 1.08 bits per heavy atom. The van der Waals surface area contributed by atoms with Gasteiger partial charge < -0.3 is 18.8 Å². The smallest absolute Gasteiger partial charge is 0.444 e. The van der Waals surface area contributed by atoms with Gasteiger partial charge in [0.05, 0.1) is 53.6 Å². The van der Waals surface area contributed by atoms with Crippen molar-refractivity contribution in [1.29, 1.82) is 5.26 Å². The molecule has 5 aromatic rings. The van der Waals surface area contributed by atoms with Crippen LogP contribution in [0.1, 0.15) is 60.4 Å². The third kappa shape index (κ3) is 5.74. The molecule has 252 valence electrons. The van der Waals surface area contributed by atoms with E-state index in [4.69, 9.17) is 24.5 Å². The summed E-state index contributed by atoms with van der Waals surface area (Å²) in [5, 5.41) is 14.8. The lowest BCUT2D eigenvalue weighted by Gasteiger charge is -2.33. The summed E-state index contributed by atoms with van der Waals surface area (Å²) in [6.45, 7) is 5.09. The molecular formula is C34H30F4N8O3. The largest absolute Gasteiger partial charge is 0.451 e. The lowest BCUT2D eigenvalue weighted by molar-refractivity contribution is -0.144. The fourth-order valence-corrected chi connectivity index (χ4v) is 6.79. The minimum Gasteiger partial charge on any atom is -0.444 e. The standard InChI is InChI=1S/C34H30F4N8O3/c1-33(23-6-5-19(15-39)13-24(23)35)48-28-4-2-3-22(30(28)49-33)20-7-10-45(11-8-20)18-29-41-25-14-26(31-42-32(44-43-31)34(36,37)38)40-16-27(25)46(29)17-21-9-12-47-21/h2-6,13-14,16,20-21H,7-12,17-18H2,1H3,(H,42,43,44)/t21-,33-/m0/s1. The van der Waals surface area contributed by atoms with E-state index in [0.29, 0.717) is 36.7 Å².